The van der Waals surface area contributed by atoms with Crippen LogP contribution in [0.15, 0.2) is 23.1 Å². The van der Waals surface area contributed by atoms with E-state index in [0.29, 0.717) is 5.56 Å². The van der Waals surface area contributed by atoms with E-state index in [1.807, 2.05) is 25.3 Å². The van der Waals surface area contributed by atoms with Crippen LogP contribution in [0.5, 0.6) is 0 Å². The Morgan fingerprint density at radius 3 is 2.71 bits per heavy atom. The number of rotatable bonds is 3. The fourth-order valence-electron chi connectivity index (χ4n) is 1.17. The summed E-state index contributed by atoms with van der Waals surface area (Å²) < 4.78 is 0. The number of hydrogen-bond acceptors (Lipinski definition) is 3. The van der Waals surface area contributed by atoms with Crippen molar-refractivity contribution >= 4 is 17.7 Å². The maximum atomic E-state index is 11.4. The smallest absolute Gasteiger partial charge is 0.274 e. The highest BCUT2D eigenvalue weighted by Crippen LogP contribution is 2.20. The van der Waals surface area contributed by atoms with Gasteiger partial charge in [-0.25, -0.2) is 5.48 Å². The number of amides is 1. The van der Waals surface area contributed by atoms with Crippen molar-refractivity contribution in [2.45, 2.75) is 11.8 Å². The second-order valence-corrected chi connectivity index (χ2v) is 3.67. The lowest BCUT2D eigenvalue weighted by molar-refractivity contribution is 0.0537. The average molecular weight is 211 g/mol. The van der Waals surface area contributed by atoms with Crippen LogP contribution >= 0.6 is 11.8 Å². The van der Waals surface area contributed by atoms with Crippen LogP contribution in [0.1, 0.15) is 15.9 Å². The fraction of sp³-hybridized carbons (Fsp3) is 0.300. The molecule has 0 saturated carbocycles. The van der Waals surface area contributed by atoms with Crippen LogP contribution in [0.25, 0.3) is 0 Å². The Morgan fingerprint density at radius 1 is 1.50 bits per heavy atom. The van der Waals surface area contributed by atoms with Crippen molar-refractivity contribution in [1.82, 2.24) is 5.48 Å². The van der Waals surface area contributed by atoms with E-state index >= 15 is 0 Å². The van der Waals surface area contributed by atoms with E-state index in [1.54, 1.807) is 17.8 Å². The fourth-order valence-corrected chi connectivity index (χ4v) is 1.76. The molecule has 0 bridgehead atoms. The first-order chi connectivity index (χ1) is 6.69. The van der Waals surface area contributed by atoms with Crippen molar-refractivity contribution in [3.63, 3.8) is 0 Å². The van der Waals surface area contributed by atoms with Gasteiger partial charge in [0.15, 0.2) is 0 Å². The molecule has 1 rings (SSSR count). The lowest BCUT2D eigenvalue weighted by Gasteiger charge is -2.05. The maximum absolute atomic E-state index is 11.4. The van der Waals surface area contributed by atoms with Crippen LogP contribution in [0.2, 0.25) is 0 Å². The molecule has 0 fully saturated rings. The van der Waals surface area contributed by atoms with Gasteiger partial charge in [-0.2, -0.15) is 0 Å². The first-order valence-electron chi connectivity index (χ1n) is 4.17. The van der Waals surface area contributed by atoms with Crippen LogP contribution < -0.4 is 5.48 Å². The summed E-state index contributed by atoms with van der Waals surface area (Å²) in [7, 11) is 1.42. The van der Waals surface area contributed by atoms with Crippen molar-refractivity contribution < 1.29 is 9.63 Å². The lowest BCUT2D eigenvalue weighted by atomic mass is 10.1. The molecule has 0 radical (unpaired) electrons. The molecule has 0 aliphatic carbocycles. The molecule has 76 valence electrons. The molecule has 0 heterocycles. The molecule has 0 atom stereocenters. The van der Waals surface area contributed by atoms with Gasteiger partial charge in [-0.1, -0.05) is 0 Å². The zero-order chi connectivity index (χ0) is 10.6. The zero-order valence-corrected chi connectivity index (χ0v) is 9.27. The Hall–Kier alpha value is -1.00. The van der Waals surface area contributed by atoms with Gasteiger partial charge >= 0.3 is 0 Å². The third-order valence-electron chi connectivity index (χ3n) is 1.85. The number of aryl methyl sites for hydroxylation is 1. The zero-order valence-electron chi connectivity index (χ0n) is 8.46. The van der Waals surface area contributed by atoms with Crippen molar-refractivity contribution in [2.24, 2.45) is 0 Å². The summed E-state index contributed by atoms with van der Waals surface area (Å²) in [5, 5.41) is 0. The third-order valence-corrected chi connectivity index (χ3v) is 2.75. The summed E-state index contributed by atoms with van der Waals surface area (Å²) in [6, 6.07) is 5.57. The van der Waals surface area contributed by atoms with Crippen LogP contribution in [0, 0.1) is 6.92 Å². The first kappa shape index (κ1) is 11.1. The average Bonchev–Trinajstić information content (AvgIpc) is 2.18. The molecular formula is C10H13NO2S. The number of hydroxylamine groups is 1. The number of hydrogen-bond donors (Lipinski definition) is 1. The molecule has 1 aromatic rings. The predicted molar refractivity (Wildman–Crippen MR) is 57.4 cm³/mol. The Balaban J connectivity index is 2.91. The molecule has 3 nitrogen and oxygen atoms in total. The second kappa shape index (κ2) is 5.02. The van der Waals surface area contributed by atoms with Gasteiger partial charge in [-0.15, -0.1) is 11.8 Å². The summed E-state index contributed by atoms with van der Waals surface area (Å²) >= 11 is 1.67. The van der Waals surface area contributed by atoms with Gasteiger partial charge in [0.05, 0.1) is 7.11 Å². The number of nitrogens with one attached hydrogen (secondary N) is 1. The summed E-state index contributed by atoms with van der Waals surface area (Å²) in [6.45, 7) is 1.98. The molecule has 0 unspecified atom stereocenters. The third kappa shape index (κ3) is 2.49. The summed E-state index contributed by atoms with van der Waals surface area (Å²) in [4.78, 5) is 17.1. The number of carbonyl (C=O) groups excluding carboxylic acids is 1. The van der Waals surface area contributed by atoms with Crippen molar-refractivity contribution in [3.05, 3.63) is 29.3 Å². The van der Waals surface area contributed by atoms with Gasteiger partial charge in [-0.3, -0.25) is 9.63 Å². The molecule has 0 aliphatic heterocycles. The van der Waals surface area contributed by atoms with E-state index in [1.165, 1.54) is 12.0 Å². The highest BCUT2D eigenvalue weighted by molar-refractivity contribution is 7.98. The Kier molecular flexibility index (Phi) is 3.98. The van der Waals surface area contributed by atoms with Crippen LogP contribution in [0.4, 0.5) is 0 Å². The summed E-state index contributed by atoms with van der Waals surface area (Å²) in [5.74, 6) is -0.219. The highest BCUT2D eigenvalue weighted by Gasteiger charge is 2.06. The first-order valence-corrected chi connectivity index (χ1v) is 5.39. The van der Waals surface area contributed by atoms with E-state index in [9.17, 15) is 4.79 Å². The van der Waals surface area contributed by atoms with E-state index < -0.39 is 0 Å². The van der Waals surface area contributed by atoms with Gasteiger partial charge in [-0.05, 0) is 36.9 Å². The molecule has 0 saturated heterocycles. The molecule has 0 aliphatic rings. The quantitative estimate of drug-likeness (QED) is 0.614. The van der Waals surface area contributed by atoms with Gasteiger partial charge in [0, 0.05) is 10.5 Å². The second-order valence-electron chi connectivity index (χ2n) is 2.82. The van der Waals surface area contributed by atoms with E-state index in [-0.39, 0.29) is 5.91 Å². The summed E-state index contributed by atoms with van der Waals surface area (Å²) in [5.41, 5.74) is 3.99. The van der Waals surface area contributed by atoms with Gasteiger partial charge in [0.2, 0.25) is 0 Å². The monoisotopic (exact) mass is 211 g/mol. The van der Waals surface area contributed by atoms with Gasteiger partial charge < -0.3 is 0 Å². The van der Waals surface area contributed by atoms with E-state index in [0.717, 1.165) is 5.56 Å². The van der Waals surface area contributed by atoms with Crippen molar-refractivity contribution in [2.75, 3.05) is 13.4 Å². The van der Waals surface area contributed by atoms with Gasteiger partial charge in [0.25, 0.3) is 5.91 Å². The standard InChI is InChI=1S/C10H13NO2S/c1-7-6-8(10(12)11-13-2)4-5-9(7)14-3/h4-6H,1-3H3,(H,11,12). The molecule has 1 N–H and O–H groups in total. The van der Waals surface area contributed by atoms with Crippen LogP contribution in [-0.2, 0) is 4.84 Å². The molecule has 0 aromatic heterocycles. The Morgan fingerprint density at radius 2 is 2.21 bits per heavy atom. The number of carbonyl (C=O) groups is 1. The van der Waals surface area contributed by atoms with E-state index in [4.69, 9.17) is 0 Å². The summed E-state index contributed by atoms with van der Waals surface area (Å²) in [6.07, 6.45) is 2.01. The lowest BCUT2D eigenvalue weighted by Crippen LogP contribution is -2.21. The normalized spacial score (nSPS) is 9.93. The van der Waals surface area contributed by atoms with E-state index in [2.05, 4.69) is 10.3 Å². The van der Waals surface area contributed by atoms with Crippen LogP contribution in [-0.4, -0.2) is 19.3 Å². The topological polar surface area (TPSA) is 38.3 Å². The van der Waals surface area contributed by atoms with Crippen LogP contribution in [0.3, 0.4) is 0 Å². The van der Waals surface area contributed by atoms with Gasteiger partial charge in [0.1, 0.15) is 0 Å². The maximum Gasteiger partial charge on any atom is 0.274 e. The minimum atomic E-state index is -0.219. The molecular weight excluding hydrogens is 198 g/mol. The SMILES string of the molecule is CONC(=O)c1ccc(SC)c(C)c1. The number of thioether (sulfide) groups is 1. The van der Waals surface area contributed by atoms with Crippen molar-refractivity contribution in [3.8, 4) is 0 Å². The molecule has 14 heavy (non-hydrogen) atoms. The molecule has 0 spiro atoms. The Labute approximate surface area is 87.8 Å². The predicted octanol–water partition coefficient (Wildman–Crippen LogP) is 2.01. The Bertz CT molecular complexity index is 339. The number of benzene rings is 1. The van der Waals surface area contributed by atoms with Crippen molar-refractivity contribution in [1.29, 1.82) is 0 Å². The molecule has 4 heteroatoms. The molecule has 1 aromatic carbocycles. The minimum Gasteiger partial charge on any atom is -0.277 e. The highest BCUT2D eigenvalue weighted by atomic mass is 32.2. The molecule has 1 amide bonds. The largest absolute Gasteiger partial charge is 0.277 e. The minimum absolute atomic E-state index is 0.219.